The summed E-state index contributed by atoms with van der Waals surface area (Å²) in [5.74, 6) is 1.51. The van der Waals surface area contributed by atoms with Gasteiger partial charge < -0.3 is 20.0 Å². The Morgan fingerprint density at radius 3 is 2.80 bits per heavy atom. The van der Waals surface area contributed by atoms with Crippen LogP contribution in [0.5, 0.6) is 0 Å². The molecule has 3 rings (SSSR count). The van der Waals surface area contributed by atoms with Gasteiger partial charge >= 0.3 is 0 Å². The summed E-state index contributed by atoms with van der Waals surface area (Å²) in [7, 11) is 1.93. The van der Waals surface area contributed by atoms with E-state index in [-0.39, 0.29) is 5.95 Å². The van der Waals surface area contributed by atoms with Crippen molar-refractivity contribution in [3.05, 3.63) is 24.2 Å². The van der Waals surface area contributed by atoms with E-state index in [0.717, 1.165) is 18.7 Å². The third-order valence-electron chi connectivity index (χ3n) is 3.36. The van der Waals surface area contributed by atoms with Crippen molar-refractivity contribution in [3.63, 3.8) is 0 Å². The summed E-state index contributed by atoms with van der Waals surface area (Å²) < 4.78 is 5.07. The van der Waals surface area contributed by atoms with Crippen molar-refractivity contribution in [1.82, 2.24) is 15.0 Å². The van der Waals surface area contributed by atoms with Crippen molar-refractivity contribution in [1.29, 1.82) is 0 Å². The molecule has 0 atom stereocenters. The molecular formula is C13H18N6O. The summed E-state index contributed by atoms with van der Waals surface area (Å²) in [6.07, 6.45) is 5.71. The van der Waals surface area contributed by atoms with Gasteiger partial charge in [-0.05, 0) is 18.9 Å². The Kier molecular flexibility index (Phi) is 3.41. The van der Waals surface area contributed by atoms with Crippen LogP contribution in [0.25, 0.3) is 0 Å². The number of anilines is 3. The maximum absolute atomic E-state index is 5.80. The molecule has 0 bridgehead atoms. The zero-order chi connectivity index (χ0) is 13.9. The van der Waals surface area contributed by atoms with Crippen LogP contribution in [0.15, 0.2) is 23.0 Å². The average Bonchev–Trinajstić information content (AvgIpc) is 3.11. The maximum atomic E-state index is 5.80. The van der Waals surface area contributed by atoms with Crippen molar-refractivity contribution in [3.8, 4) is 0 Å². The van der Waals surface area contributed by atoms with Gasteiger partial charge in [-0.15, -0.1) is 0 Å². The zero-order valence-electron chi connectivity index (χ0n) is 11.5. The van der Waals surface area contributed by atoms with E-state index in [9.17, 15) is 0 Å². The molecule has 2 aromatic rings. The molecule has 0 aromatic carbocycles. The summed E-state index contributed by atoms with van der Waals surface area (Å²) in [5.41, 5.74) is 6.87. The van der Waals surface area contributed by atoms with Crippen molar-refractivity contribution < 1.29 is 4.42 Å². The molecule has 1 saturated heterocycles. The molecule has 2 aromatic heterocycles. The van der Waals surface area contributed by atoms with Crippen LogP contribution < -0.4 is 15.5 Å². The Labute approximate surface area is 117 Å². The summed E-state index contributed by atoms with van der Waals surface area (Å²) in [4.78, 5) is 17.0. The first-order valence-corrected chi connectivity index (χ1v) is 6.71. The van der Waals surface area contributed by atoms with Crippen molar-refractivity contribution in [2.45, 2.75) is 19.4 Å². The minimum Gasteiger partial charge on any atom is -0.472 e. The third kappa shape index (κ3) is 2.66. The van der Waals surface area contributed by atoms with Crippen LogP contribution in [0, 0.1) is 0 Å². The van der Waals surface area contributed by atoms with Crippen LogP contribution in [0.2, 0.25) is 0 Å². The van der Waals surface area contributed by atoms with E-state index in [1.165, 1.54) is 12.8 Å². The summed E-state index contributed by atoms with van der Waals surface area (Å²) in [5, 5.41) is 0. The molecule has 3 heterocycles. The summed E-state index contributed by atoms with van der Waals surface area (Å²) >= 11 is 0. The second-order valence-electron chi connectivity index (χ2n) is 4.98. The van der Waals surface area contributed by atoms with E-state index < -0.39 is 0 Å². The normalized spacial score (nSPS) is 14.8. The molecule has 1 aliphatic heterocycles. The lowest BCUT2D eigenvalue weighted by Crippen LogP contribution is -2.25. The van der Waals surface area contributed by atoms with Gasteiger partial charge in [-0.3, -0.25) is 0 Å². The first-order chi connectivity index (χ1) is 9.72. The van der Waals surface area contributed by atoms with E-state index in [1.54, 1.807) is 12.5 Å². The Hall–Kier alpha value is -2.31. The molecule has 1 aliphatic rings. The third-order valence-corrected chi connectivity index (χ3v) is 3.36. The predicted molar refractivity (Wildman–Crippen MR) is 76.5 cm³/mol. The van der Waals surface area contributed by atoms with E-state index in [0.29, 0.717) is 18.4 Å². The Bertz CT molecular complexity index is 564. The highest BCUT2D eigenvalue weighted by Gasteiger charge is 2.18. The fourth-order valence-electron chi connectivity index (χ4n) is 2.33. The molecule has 0 spiro atoms. The Morgan fingerprint density at radius 1 is 1.30 bits per heavy atom. The highest BCUT2D eigenvalue weighted by Crippen LogP contribution is 2.19. The molecule has 0 unspecified atom stereocenters. The lowest BCUT2D eigenvalue weighted by Gasteiger charge is -2.20. The molecule has 106 valence electrons. The van der Waals surface area contributed by atoms with E-state index in [1.807, 2.05) is 18.0 Å². The molecular weight excluding hydrogens is 256 g/mol. The predicted octanol–water partition coefficient (Wildman–Crippen LogP) is 1.28. The largest absolute Gasteiger partial charge is 0.472 e. The highest BCUT2D eigenvalue weighted by atomic mass is 16.3. The number of nitrogens with zero attached hydrogens (tertiary/aromatic N) is 5. The average molecular weight is 274 g/mol. The molecule has 20 heavy (non-hydrogen) atoms. The maximum Gasteiger partial charge on any atom is 0.231 e. The first-order valence-electron chi connectivity index (χ1n) is 6.71. The van der Waals surface area contributed by atoms with Crippen LogP contribution in [-0.2, 0) is 6.54 Å². The molecule has 0 aliphatic carbocycles. The van der Waals surface area contributed by atoms with E-state index in [4.69, 9.17) is 10.2 Å². The number of nitrogens with two attached hydrogens (primary N) is 1. The minimum absolute atomic E-state index is 0.260. The lowest BCUT2D eigenvalue weighted by atomic mass is 10.3. The van der Waals surface area contributed by atoms with Gasteiger partial charge in [0.25, 0.3) is 0 Å². The van der Waals surface area contributed by atoms with Gasteiger partial charge in [0.15, 0.2) is 0 Å². The molecule has 7 heteroatoms. The van der Waals surface area contributed by atoms with Crippen LogP contribution in [0.4, 0.5) is 17.8 Å². The van der Waals surface area contributed by atoms with Crippen molar-refractivity contribution in [2.75, 3.05) is 35.7 Å². The van der Waals surface area contributed by atoms with Gasteiger partial charge in [0.2, 0.25) is 17.8 Å². The lowest BCUT2D eigenvalue weighted by molar-refractivity contribution is 0.563. The zero-order valence-corrected chi connectivity index (χ0v) is 11.5. The molecule has 1 fully saturated rings. The van der Waals surface area contributed by atoms with Crippen molar-refractivity contribution in [2.24, 2.45) is 0 Å². The van der Waals surface area contributed by atoms with Crippen LogP contribution in [0.3, 0.4) is 0 Å². The van der Waals surface area contributed by atoms with Gasteiger partial charge in [0, 0.05) is 32.2 Å². The molecule has 0 amide bonds. The molecule has 0 saturated carbocycles. The Balaban J connectivity index is 1.81. The smallest absolute Gasteiger partial charge is 0.231 e. The fourth-order valence-corrected chi connectivity index (χ4v) is 2.33. The monoisotopic (exact) mass is 274 g/mol. The van der Waals surface area contributed by atoms with Crippen molar-refractivity contribution >= 4 is 17.8 Å². The van der Waals surface area contributed by atoms with Gasteiger partial charge in [-0.25, -0.2) is 0 Å². The number of furan rings is 1. The van der Waals surface area contributed by atoms with Gasteiger partial charge in [-0.2, -0.15) is 15.0 Å². The second kappa shape index (κ2) is 5.36. The first kappa shape index (κ1) is 12.7. The standard InChI is InChI=1S/C13H18N6O/c1-18(8-10-4-7-20-9-10)12-15-11(14)16-13(17-12)19-5-2-3-6-19/h4,7,9H,2-3,5-6,8H2,1H3,(H2,14,15,16,17). The van der Waals surface area contributed by atoms with Crippen LogP contribution in [-0.4, -0.2) is 35.1 Å². The van der Waals surface area contributed by atoms with E-state index in [2.05, 4.69) is 19.9 Å². The molecule has 2 N–H and O–H groups in total. The number of nitrogen functional groups attached to an aromatic ring is 1. The van der Waals surface area contributed by atoms with Gasteiger partial charge in [0.05, 0.1) is 12.5 Å². The molecule has 0 radical (unpaired) electrons. The second-order valence-corrected chi connectivity index (χ2v) is 4.98. The summed E-state index contributed by atoms with van der Waals surface area (Å²) in [6.45, 7) is 2.63. The van der Waals surface area contributed by atoms with Gasteiger partial charge in [0.1, 0.15) is 0 Å². The van der Waals surface area contributed by atoms with E-state index >= 15 is 0 Å². The SMILES string of the molecule is CN(Cc1ccoc1)c1nc(N)nc(N2CCCC2)n1. The quantitative estimate of drug-likeness (QED) is 0.899. The fraction of sp³-hybridized carbons (Fsp3) is 0.462. The number of aromatic nitrogens is 3. The topological polar surface area (TPSA) is 84.3 Å². The van der Waals surface area contributed by atoms with Crippen LogP contribution >= 0.6 is 0 Å². The Morgan fingerprint density at radius 2 is 2.10 bits per heavy atom. The van der Waals surface area contributed by atoms with Crippen LogP contribution in [0.1, 0.15) is 18.4 Å². The minimum atomic E-state index is 0.260. The number of hydrogen-bond donors (Lipinski definition) is 1. The summed E-state index contributed by atoms with van der Waals surface area (Å²) in [6, 6.07) is 1.92. The van der Waals surface area contributed by atoms with Gasteiger partial charge in [-0.1, -0.05) is 0 Å². The molecule has 7 nitrogen and oxygen atoms in total. The number of hydrogen-bond acceptors (Lipinski definition) is 7. The highest BCUT2D eigenvalue weighted by molar-refractivity contribution is 5.43. The number of rotatable bonds is 4.